The van der Waals surface area contributed by atoms with Gasteiger partial charge in [0.05, 0.1) is 10.1 Å². The molecule has 0 aliphatic carbocycles. The number of carbonyl (C=O) groups excluding carboxylic acids is 1. The van der Waals surface area contributed by atoms with Gasteiger partial charge in [0.15, 0.2) is 5.78 Å². The fourth-order valence-corrected chi connectivity index (χ4v) is 12.1. The van der Waals surface area contributed by atoms with Crippen molar-refractivity contribution in [1.29, 1.82) is 0 Å². The van der Waals surface area contributed by atoms with E-state index in [0.717, 1.165) is 38.5 Å². The first-order valence-electron chi connectivity index (χ1n) is 14.5. The molecule has 0 saturated heterocycles. The van der Waals surface area contributed by atoms with Gasteiger partial charge in [0.2, 0.25) is 0 Å². The van der Waals surface area contributed by atoms with Crippen LogP contribution in [-0.4, -0.2) is 63.0 Å². The molecular weight excluding hydrogens is 492 g/mol. The second-order valence-corrected chi connectivity index (χ2v) is 15.8. The van der Waals surface area contributed by atoms with Crippen molar-refractivity contribution < 1.29 is 31.4 Å². The molecule has 2 unspecified atom stereocenters. The van der Waals surface area contributed by atoms with Crippen molar-refractivity contribution in [2.45, 2.75) is 131 Å². The molecule has 0 amide bonds. The minimum atomic E-state index is -3.46. The van der Waals surface area contributed by atoms with Crippen LogP contribution in [0.3, 0.4) is 0 Å². The zero-order valence-electron chi connectivity index (χ0n) is 25.3. The second kappa shape index (κ2) is 18.2. The highest BCUT2D eigenvalue weighted by molar-refractivity contribution is 6.74. The summed E-state index contributed by atoms with van der Waals surface area (Å²) in [5.41, 5.74) is 0. The van der Waals surface area contributed by atoms with Crippen LogP contribution in [0.5, 0.6) is 0 Å². The van der Waals surface area contributed by atoms with Gasteiger partial charge in [-0.15, -0.1) is 0 Å². The summed E-state index contributed by atoms with van der Waals surface area (Å²) in [6.07, 6.45) is 7.19. The lowest BCUT2D eigenvalue weighted by atomic mass is 9.86. The fourth-order valence-electron chi connectivity index (χ4n) is 5.22. The molecule has 0 spiro atoms. The summed E-state index contributed by atoms with van der Waals surface area (Å²) in [6, 6.07) is 0. The SMILES string of the molecule is CCCCCC(C)(C(=O)C(C)(CCCCC)[Si](OCC)(OCC)OCC)[Si](OCC)(OCC)OCC. The summed E-state index contributed by atoms with van der Waals surface area (Å²) in [6.45, 7) is 22.5. The van der Waals surface area contributed by atoms with Gasteiger partial charge in [0.25, 0.3) is 0 Å². The van der Waals surface area contributed by atoms with E-state index in [2.05, 4.69) is 13.8 Å². The van der Waals surface area contributed by atoms with Crippen molar-refractivity contribution in [3.63, 3.8) is 0 Å². The first kappa shape index (κ1) is 35.9. The molecule has 0 bridgehead atoms. The Kier molecular flexibility index (Phi) is 18.1. The summed E-state index contributed by atoms with van der Waals surface area (Å²) in [4.78, 5) is 15.2. The highest BCUT2D eigenvalue weighted by atomic mass is 28.4. The largest absolute Gasteiger partial charge is 0.514 e. The van der Waals surface area contributed by atoms with E-state index in [0.29, 0.717) is 52.5 Å². The second-order valence-electron chi connectivity index (χ2n) is 9.62. The minimum absolute atomic E-state index is 0.0474. The van der Waals surface area contributed by atoms with Gasteiger partial charge >= 0.3 is 17.6 Å². The number of Topliss-reactive ketones (excluding diaryl/α,β-unsaturated/α-hetero) is 1. The van der Waals surface area contributed by atoms with E-state index >= 15 is 4.79 Å². The topological polar surface area (TPSA) is 72.5 Å². The summed E-state index contributed by atoms with van der Waals surface area (Å²) in [5, 5.41) is -1.93. The highest BCUT2D eigenvalue weighted by Gasteiger charge is 2.71. The molecule has 2 atom stereocenters. The van der Waals surface area contributed by atoms with Gasteiger partial charge in [-0.25, -0.2) is 0 Å². The molecule has 0 rings (SSSR count). The Bertz CT molecular complexity index is 510. The van der Waals surface area contributed by atoms with Crippen LogP contribution in [-0.2, 0) is 31.4 Å². The van der Waals surface area contributed by atoms with Gasteiger partial charge < -0.3 is 26.6 Å². The Hall–Kier alpha value is -0.136. The number of rotatable bonds is 24. The van der Waals surface area contributed by atoms with Gasteiger partial charge in [-0.2, -0.15) is 0 Å². The van der Waals surface area contributed by atoms with Crippen LogP contribution < -0.4 is 0 Å². The lowest BCUT2D eigenvalue weighted by molar-refractivity contribution is -0.130. The summed E-state index contributed by atoms with van der Waals surface area (Å²) < 4.78 is 38.4. The summed E-state index contributed by atoms with van der Waals surface area (Å²) in [5.74, 6) is 0.0474. The van der Waals surface area contributed by atoms with Crippen LogP contribution in [0.2, 0.25) is 10.1 Å². The quantitative estimate of drug-likeness (QED) is 0.0920. The normalized spacial score (nSPS) is 16.1. The minimum Gasteiger partial charge on any atom is -0.373 e. The maximum absolute atomic E-state index is 15.2. The molecule has 0 radical (unpaired) electrons. The first-order chi connectivity index (χ1) is 17.1. The standard InChI is InChI=1S/C27H58O7Si2/c1-11-19-21-23-26(9,35(29-13-3,30-14-4)31-15-5)25(28)27(10,24-22-20-12-2)36(32-16-6,33-17-7)34-18-8/h11-24H2,1-10H3. The molecule has 0 fully saturated rings. The van der Waals surface area contributed by atoms with E-state index in [1.807, 2.05) is 55.4 Å². The average molecular weight is 551 g/mol. The zero-order chi connectivity index (χ0) is 27.7. The van der Waals surface area contributed by atoms with E-state index in [1.54, 1.807) is 0 Å². The van der Waals surface area contributed by atoms with Crippen LogP contribution in [0.1, 0.15) is 121 Å². The molecule has 7 nitrogen and oxygen atoms in total. The van der Waals surface area contributed by atoms with E-state index in [-0.39, 0.29) is 5.78 Å². The number of carbonyl (C=O) groups is 1. The van der Waals surface area contributed by atoms with Crippen LogP contribution in [0.25, 0.3) is 0 Å². The molecule has 0 N–H and O–H groups in total. The molecular formula is C27H58O7Si2. The molecule has 216 valence electrons. The third-order valence-corrected chi connectivity index (χ3v) is 14.6. The van der Waals surface area contributed by atoms with E-state index < -0.39 is 27.7 Å². The Balaban J connectivity index is 7.20. The van der Waals surface area contributed by atoms with Gasteiger partial charge in [0, 0.05) is 39.6 Å². The van der Waals surface area contributed by atoms with Crippen LogP contribution in [0, 0.1) is 0 Å². The van der Waals surface area contributed by atoms with Gasteiger partial charge in [-0.3, -0.25) is 4.79 Å². The predicted molar refractivity (Wildman–Crippen MR) is 151 cm³/mol. The third kappa shape index (κ3) is 8.43. The van der Waals surface area contributed by atoms with Crippen LogP contribution >= 0.6 is 0 Å². The fraction of sp³-hybridized carbons (Fsp3) is 0.963. The van der Waals surface area contributed by atoms with Crippen LogP contribution in [0.4, 0.5) is 0 Å². The Labute approximate surface area is 225 Å². The Morgan fingerprint density at radius 1 is 0.500 bits per heavy atom. The number of unbranched alkanes of at least 4 members (excludes halogenated alkanes) is 4. The molecule has 9 heteroatoms. The summed E-state index contributed by atoms with van der Waals surface area (Å²) >= 11 is 0. The average Bonchev–Trinajstić information content (AvgIpc) is 2.84. The molecule has 0 heterocycles. The first-order valence-corrected chi connectivity index (χ1v) is 18.0. The Morgan fingerprint density at radius 2 is 0.750 bits per heavy atom. The monoisotopic (exact) mass is 550 g/mol. The third-order valence-electron chi connectivity index (χ3n) is 6.92. The highest BCUT2D eigenvalue weighted by Crippen LogP contribution is 2.57. The smallest absolute Gasteiger partial charge is 0.373 e. The number of ketones is 1. The van der Waals surface area contributed by atoms with Gasteiger partial charge in [0.1, 0.15) is 0 Å². The molecule has 36 heavy (non-hydrogen) atoms. The molecule has 0 aromatic carbocycles. The summed E-state index contributed by atoms with van der Waals surface area (Å²) in [7, 11) is -6.92. The number of hydrogen-bond acceptors (Lipinski definition) is 7. The lowest BCUT2D eigenvalue weighted by Gasteiger charge is -2.49. The zero-order valence-corrected chi connectivity index (χ0v) is 27.3. The lowest BCUT2D eigenvalue weighted by Crippen LogP contribution is -2.65. The van der Waals surface area contributed by atoms with Crippen molar-refractivity contribution in [2.24, 2.45) is 0 Å². The molecule has 0 aliphatic rings. The molecule has 0 saturated carbocycles. The molecule has 0 aliphatic heterocycles. The Morgan fingerprint density at radius 3 is 0.944 bits per heavy atom. The van der Waals surface area contributed by atoms with Crippen molar-refractivity contribution >= 4 is 23.4 Å². The van der Waals surface area contributed by atoms with Crippen molar-refractivity contribution in [1.82, 2.24) is 0 Å². The van der Waals surface area contributed by atoms with E-state index in [9.17, 15) is 0 Å². The van der Waals surface area contributed by atoms with Gasteiger partial charge in [-0.05, 0) is 68.2 Å². The van der Waals surface area contributed by atoms with E-state index in [1.165, 1.54) is 0 Å². The van der Waals surface area contributed by atoms with Crippen molar-refractivity contribution in [3.8, 4) is 0 Å². The van der Waals surface area contributed by atoms with E-state index in [4.69, 9.17) is 26.6 Å². The van der Waals surface area contributed by atoms with Crippen LogP contribution in [0.15, 0.2) is 0 Å². The maximum atomic E-state index is 15.2. The number of hydrogen-bond donors (Lipinski definition) is 0. The predicted octanol–water partition coefficient (Wildman–Crippen LogP) is 7.33. The molecule has 0 aromatic heterocycles. The maximum Gasteiger partial charge on any atom is 0.514 e. The molecule has 0 aromatic rings. The van der Waals surface area contributed by atoms with Gasteiger partial charge in [-0.1, -0.05) is 52.4 Å². The van der Waals surface area contributed by atoms with Crippen molar-refractivity contribution in [3.05, 3.63) is 0 Å². The van der Waals surface area contributed by atoms with Crippen molar-refractivity contribution in [2.75, 3.05) is 39.6 Å².